The molecule has 2 aromatic rings. The van der Waals surface area contributed by atoms with Crippen LogP contribution in [-0.4, -0.2) is 11.5 Å². The molecule has 0 aliphatic carbocycles. The summed E-state index contributed by atoms with van der Waals surface area (Å²) in [5.41, 5.74) is 2.62. The van der Waals surface area contributed by atoms with Gasteiger partial charge in [-0.2, -0.15) is 0 Å². The van der Waals surface area contributed by atoms with E-state index >= 15 is 0 Å². The van der Waals surface area contributed by atoms with Crippen LogP contribution in [0.1, 0.15) is 16.9 Å². The summed E-state index contributed by atoms with van der Waals surface area (Å²) in [5.74, 6) is 0.423. The lowest BCUT2D eigenvalue weighted by atomic mass is 10.0. The molecule has 1 aromatic heterocycles. The van der Waals surface area contributed by atoms with Gasteiger partial charge in [-0.3, -0.25) is 0 Å². The van der Waals surface area contributed by atoms with Gasteiger partial charge in [0.15, 0.2) is 5.13 Å². The molecule has 1 aliphatic heterocycles. The molecule has 5 heteroatoms. The van der Waals surface area contributed by atoms with Gasteiger partial charge >= 0.3 is 0 Å². The molecule has 3 rings (SSSR count). The number of benzene rings is 1. The Kier molecular flexibility index (Phi) is 3.46. The van der Waals surface area contributed by atoms with Gasteiger partial charge in [0.05, 0.1) is 10.8 Å². The zero-order valence-electron chi connectivity index (χ0n) is 9.70. The Labute approximate surface area is 120 Å². The first-order valence-corrected chi connectivity index (χ1v) is 7.59. The topological polar surface area (TPSA) is 16.1 Å². The van der Waals surface area contributed by atoms with Crippen molar-refractivity contribution in [2.45, 2.75) is 18.7 Å². The first-order chi connectivity index (χ1) is 8.79. The molecule has 0 atom stereocenters. The number of anilines is 2. The summed E-state index contributed by atoms with van der Waals surface area (Å²) in [4.78, 5) is 7.61. The number of halogens is 2. The number of rotatable bonds is 2. The maximum absolute atomic E-state index is 6.08. The normalized spacial score (nSPS) is 14.7. The number of fused-ring (bicyclic) bond motifs is 1. The maximum Gasteiger partial charge on any atom is 0.191 e. The SMILES string of the molecule is ClCc1sc(N2CCCc3ccccc32)nc1Cl. The molecule has 0 N–H and O–H groups in total. The van der Waals surface area contributed by atoms with E-state index in [9.17, 15) is 0 Å². The van der Waals surface area contributed by atoms with Crippen LogP contribution >= 0.6 is 34.5 Å². The Morgan fingerprint density at radius 1 is 1.33 bits per heavy atom. The summed E-state index contributed by atoms with van der Waals surface area (Å²) in [6.45, 7) is 0.989. The number of hydrogen-bond acceptors (Lipinski definition) is 3. The Balaban J connectivity index is 2.02. The molecule has 0 saturated heterocycles. The van der Waals surface area contributed by atoms with Gasteiger partial charge in [0.1, 0.15) is 5.15 Å². The lowest BCUT2D eigenvalue weighted by Gasteiger charge is -2.28. The van der Waals surface area contributed by atoms with Crippen LogP contribution in [0.3, 0.4) is 0 Å². The van der Waals surface area contributed by atoms with E-state index in [1.54, 1.807) is 11.3 Å². The second kappa shape index (κ2) is 5.08. The molecule has 0 radical (unpaired) electrons. The predicted molar refractivity (Wildman–Crippen MR) is 78.5 cm³/mol. The summed E-state index contributed by atoms with van der Waals surface area (Å²) in [6.07, 6.45) is 2.28. The van der Waals surface area contributed by atoms with Crippen LogP contribution < -0.4 is 4.90 Å². The zero-order valence-corrected chi connectivity index (χ0v) is 12.0. The van der Waals surface area contributed by atoms with E-state index in [2.05, 4.69) is 34.1 Å². The van der Waals surface area contributed by atoms with Crippen LogP contribution in [-0.2, 0) is 12.3 Å². The minimum atomic E-state index is 0.423. The van der Waals surface area contributed by atoms with Crippen molar-refractivity contribution in [3.8, 4) is 0 Å². The molecule has 1 aliphatic rings. The molecule has 18 heavy (non-hydrogen) atoms. The molecule has 0 unspecified atom stereocenters. The molecule has 2 nitrogen and oxygen atoms in total. The zero-order chi connectivity index (χ0) is 12.5. The van der Waals surface area contributed by atoms with E-state index in [4.69, 9.17) is 23.2 Å². The Hall–Kier alpha value is -0.770. The minimum absolute atomic E-state index is 0.423. The summed E-state index contributed by atoms with van der Waals surface area (Å²) in [5, 5.41) is 1.48. The minimum Gasteiger partial charge on any atom is -0.317 e. The van der Waals surface area contributed by atoms with Crippen LogP contribution in [0, 0.1) is 0 Å². The predicted octanol–water partition coefficient (Wildman–Crippen LogP) is 4.62. The van der Waals surface area contributed by atoms with Crippen molar-refractivity contribution >= 4 is 45.4 Å². The number of aryl methyl sites for hydroxylation is 1. The number of thiazole rings is 1. The second-order valence-electron chi connectivity index (χ2n) is 4.23. The van der Waals surface area contributed by atoms with E-state index < -0.39 is 0 Å². The van der Waals surface area contributed by atoms with E-state index in [0.717, 1.165) is 29.4 Å². The van der Waals surface area contributed by atoms with Gasteiger partial charge in [-0.25, -0.2) is 4.98 Å². The van der Waals surface area contributed by atoms with Crippen LogP contribution in [0.4, 0.5) is 10.8 Å². The van der Waals surface area contributed by atoms with Gasteiger partial charge in [0.25, 0.3) is 0 Å². The average Bonchev–Trinajstić information content (AvgIpc) is 2.79. The molecule has 0 amide bonds. The Bertz CT molecular complexity index is 568. The fraction of sp³-hybridized carbons (Fsp3) is 0.308. The second-order valence-corrected chi connectivity index (χ2v) is 5.92. The molecular weight excluding hydrogens is 287 g/mol. The van der Waals surface area contributed by atoms with Crippen LogP contribution in [0.5, 0.6) is 0 Å². The van der Waals surface area contributed by atoms with Crippen molar-refractivity contribution < 1.29 is 0 Å². The smallest absolute Gasteiger partial charge is 0.191 e. The van der Waals surface area contributed by atoms with E-state index in [0.29, 0.717) is 11.0 Å². The molecule has 2 heterocycles. The van der Waals surface area contributed by atoms with Gasteiger partial charge in [-0.15, -0.1) is 11.6 Å². The number of para-hydroxylation sites is 1. The third-order valence-electron chi connectivity index (χ3n) is 3.10. The molecule has 0 fully saturated rings. The van der Waals surface area contributed by atoms with Crippen LogP contribution in [0.2, 0.25) is 5.15 Å². The van der Waals surface area contributed by atoms with Crippen molar-refractivity contribution in [2.75, 3.05) is 11.4 Å². The summed E-state index contributed by atoms with van der Waals surface area (Å²) in [7, 11) is 0. The molecule has 0 bridgehead atoms. The van der Waals surface area contributed by atoms with Gasteiger partial charge in [0.2, 0.25) is 0 Å². The molecule has 0 spiro atoms. The Morgan fingerprint density at radius 3 is 2.94 bits per heavy atom. The summed E-state index contributed by atoms with van der Waals surface area (Å²) in [6, 6.07) is 8.47. The highest BCUT2D eigenvalue weighted by atomic mass is 35.5. The van der Waals surface area contributed by atoms with Crippen molar-refractivity contribution in [1.29, 1.82) is 0 Å². The Morgan fingerprint density at radius 2 is 2.17 bits per heavy atom. The number of aromatic nitrogens is 1. The first-order valence-electron chi connectivity index (χ1n) is 5.86. The molecule has 1 aromatic carbocycles. The highest BCUT2D eigenvalue weighted by Crippen LogP contribution is 2.38. The van der Waals surface area contributed by atoms with Crippen LogP contribution in [0.25, 0.3) is 0 Å². The van der Waals surface area contributed by atoms with Crippen molar-refractivity contribution in [2.24, 2.45) is 0 Å². The number of hydrogen-bond donors (Lipinski definition) is 0. The molecule has 94 valence electrons. The van der Waals surface area contributed by atoms with Gasteiger partial charge in [-0.05, 0) is 24.5 Å². The van der Waals surface area contributed by atoms with Crippen molar-refractivity contribution in [3.05, 3.63) is 39.9 Å². The highest BCUT2D eigenvalue weighted by Gasteiger charge is 2.21. The van der Waals surface area contributed by atoms with Crippen molar-refractivity contribution in [1.82, 2.24) is 4.98 Å². The van der Waals surface area contributed by atoms with Crippen LogP contribution in [0.15, 0.2) is 24.3 Å². The summed E-state index contributed by atoms with van der Waals surface area (Å²) < 4.78 is 0. The fourth-order valence-electron chi connectivity index (χ4n) is 2.25. The first kappa shape index (κ1) is 12.3. The molecule has 0 saturated carbocycles. The highest BCUT2D eigenvalue weighted by molar-refractivity contribution is 7.16. The summed E-state index contributed by atoms with van der Waals surface area (Å²) >= 11 is 13.5. The third kappa shape index (κ3) is 2.11. The van der Waals surface area contributed by atoms with E-state index in [1.165, 1.54) is 11.3 Å². The van der Waals surface area contributed by atoms with Gasteiger partial charge in [0, 0.05) is 12.2 Å². The standard InChI is InChI=1S/C13H12Cl2N2S/c14-8-11-12(15)16-13(18-11)17-7-3-5-9-4-1-2-6-10(9)17/h1-2,4,6H,3,5,7-8H2. The van der Waals surface area contributed by atoms with Gasteiger partial charge < -0.3 is 4.90 Å². The lowest BCUT2D eigenvalue weighted by Crippen LogP contribution is -2.24. The van der Waals surface area contributed by atoms with E-state index in [1.807, 2.05) is 0 Å². The number of alkyl halides is 1. The monoisotopic (exact) mass is 298 g/mol. The van der Waals surface area contributed by atoms with Gasteiger partial charge in [-0.1, -0.05) is 41.1 Å². The van der Waals surface area contributed by atoms with E-state index in [-0.39, 0.29) is 0 Å². The quantitative estimate of drug-likeness (QED) is 0.752. The lowest BCUT2D eigenvalue weighted by molar-refractivity contribution is 0.765. The number of nitrogens with zero attached hydrogens (tertiary/aromatic N) is 2. The fourth-order valence-corrected chi connectivity index (χ4v) is 3.76. The largest absolute Gasteiger partial charge is 0.317 e. The molecular formula is C13H12Cl2N2S. The van der Waals surface area contributed by atoms with Crippen molar-refractivity contribution in [3.63, 3.8) is 0 Å². The average molecular weight is 299 g/mol. The maximum atomic E-state index is 6.08. The third-order valence-corrected chi connectivity index (χ3v) is 5.03.